The van der Waals surface area contributed by atoms with Gasteiger partial charge in [0.1, 0.15) is 0 Å². The number of nitrogens with zero attached hydrogens (tertiary/aromatic N) is 2. The van der Waals surface area contributed by atoms with Crippen LogP contribution in [0.2, 0.25) is 0 Å². The normalized spacial score (nSPS) is 19.0. The molecular weight excluding hydrogens is 350 g/mol. The van der Waals surface area contributed by atoms with Crippen LogP contribution in [0.3, 0.4) is 0 Å². The Morgan fingerprint density at radius 2 is 2.00 bits per heavy atom. The van der Waals surface area contributed by atoms with Gasteiger partial charge >= 0.3 is 6.03 Å². The van der Waals surface area contributed by atoms with Gasteiger partial charge in [0, 0.05) is 11.9 Å². The summed E-state index contributed by atoms with van der Waals surface area (Å²) in [6.45, 7) is 2.62. The third-order valence-electron chi connectivity index (χ3n) is 5.08. The molecule has 26 heavy (non-hydrogen) atoms. The summed E-state index contributed by atoms with van der Waals surface area (Å²) in [5.74, 6) is 1.97. The van der Waals surface area contributed by atoms with Crippen molar-refractivity contribution in [3.63, 3.8) is 0 Å². The lowest BCUT2D eigenvalue weighted by atomic mass is 9.89. The van der Waals surface area contributed by atoms with Crippen molar-refractivity contribution in [1.29, 1.82) is 0 Å². The largest absolute Gasteiger partial charge is 0.493 e. The summed E-state index contributed by atoms with van der Waals surface area (Å²) < 4.78 is 10.9. The molecule has 1 N–H and O–H groups in total. The number of fused-ring (bicyclic) bond motifs is 1. The minimum Gasteiger partial charge on any atom is -0.493 e. The van der Waals surface area contributed by atoms with Gasteiger partial charge in [0.15, 0.2) is 16.6 Å². The zero-order valence-corrected chi connectivity index (χ0v) is 16.1. The number of amides is 2. The first kappa shape index (κ1) is 17.1. The lowest BCUT2D eigenvalue weighted by molar-refractivity contribution is 0.172. The SMILES string of the molecule is COc1cc2c(cc1OC)C(C1CC1)N(C(=O)Nc1nc(C)cs1)CC2. The van der Waals surface area contributed by atoms with E-state index in [1.54, 1.807) is 14.2 Å². The molecule has 0 bridgehead atoms. The number of thiazole rings is 1. The van der Waals surface area contributed by atoms with E-state index in [0.717, 1.165) is 36.5 Å². The molecule has 7 heteroatoms. The van der Waals surface area contributed by atoms with Gasteiger partial charge in [-0.15, -0.1) is 11.3 Å². The van der Waals surface area contributed by atoms with Crippen LogP contribution in [0.5, 0.6) is 11.5 Å². The van der Waals surface area contributed by atoms with Gasteiger partial charge in [-0.25, -0.2) is 9.78 Å². The fourth-order valence-electron chi connectivity index (χ4n) is 3.70. The number of benzene rings is 1. The summed E-state index contributed by atoms with van der Waals surface area (Å²) >= 11 is 1.46. The number of nitrogens with one attached hydrogen (secondary N) is 1. The quantitative estimate of drug-likeness (QED) is 0.879. The van der Waals surface area contributed by atoms with Crippen molar-refractivity contribution in [2.75, 3.05) is 26.1 Å². The maximum absolute atomic E-state index is 12.9. The fourth-order valence-corrected chi connectivity index (χ4v) is 4.38. The summed E-state index contributed by atoms with van der Waals surface area (Å²) in [5, 5.41) is 5.56. The first-order valence-electron chi connectivity index (χ1n) is 8.85. The topological polar surface area (TPSA) is 63.7 Å². The maximum atomic E-state index is 12.9. The van der Waals surface area contributed by atoms with Gasteiger partial charge in [0.05, 0.1) is 26.0 Å². The number of methoxy groups -OCH3 is 2. The number of hydrogen-bond donors (Lipinski definition) is 1. The highest BCUT2D eigenvalue weighted by atomic mass is 32.1. The van der Waals surface area contributed by atoms with Crippen molar-refractivity contribution in [1.82, 2.24) is 9.88 Å². The molecule has 0 saturated heterocycles. The number of aryl methyl sites for hydroxylation is 1. The highest BCUT2D eigenvalue weighted by Gasteiger charge is 2.42. The summed E-state index contributed by atoms with van der Waals surface area (Å²) in [5.41, 5.74) is 3.35. The predicted octanol–water partition coefficient (Wildman–Crippen LogP) is 4.01. The van der Waals surface area contributed by atoms with E-state index in [2.05, 4.69) is 16.4 Å². The molecule has 1 aromatic carbocycles. The fraction of sp³-hybridized carbons (Fsp3) is 0.474. The first-order chi connectivity index (χ1) is 12.6. The second kappa shape index (κ2) is 6.79. The number of carbonyl (C=O) groups is 1. The number of ether oxygens (including phenoxy) is 2. The van der Waals surface area contributed by atoms with E-state index in [1.165, 1.54) is 22.5 Å². The molecule has 0 spiro atoms. The van der Waals surface area contributed by atoms with Gasteiger partial charge in [-0.3, -0.25) is 5.32 Å². The molecule has 138 valence electrons. The Labute approximate surface area is 157 Å². The lowest BCUT2D eigenvalue weighted by Gasteiger charge is -2.37. The number of rotatable bonds is 4. The highest BCUT2D eigenvalue weighted by Crippen LogP contribution is 2.49. The van der Waals surface area contributed by atoms with Gasteiger partial charge in [0.25, 0.3) is 0 Å². The molecule has 6 nitrogen and oxygen atoms in total. The molecule has 2 aliphatic rings. The standard InChI is InChI=1S/C19H23N3O3S/c1-11-10-26-18(20-11)21-19(23)22-7-6-13-8-15(24-2)16(25-3)9-14(13)17(22)12-4-5-12/h8-10,12,17H,4-7H2,1-3H3,(H,20,21,23). The number of anilines is 1. The minimum absolute atomic E-state index is 0.0725. The van der Waals surface area contributed by atoms with Crippen molar-refractivity contribution in [3.8, 4) is 11.5 Å². The van der Waals surface area contributed by atoms with Crippen LogP contribution in [-0.2, 0) is 6.42 Å². The highest BCUT2D eigenvalue weighted by molar-refractivity contribution is 7.13. The molecule has 1 unspecified atom stereocenters. The van der Waals surface area contributed by atoms with Crippen LogP contribution in [0.1, 0.15) is 35.7 Å². The average Bonchev–Trinajstić information content (AvgIpc) is 3.41. The number of aromatic nitrogens is 1. The minimum atomic E-state index is -0.0725. The Kier molecular flexibility index (Phi) is 4.48. The van der Waals surface area contributed by atoms with Gasteiger partial charge in [-0.05, 0) is 55.4 Å². The Balaban J connectivity index is 1.64. The Hall–Kier alpha value is -2.28. The zero-order chi connectivity index (χ0) is 18.3. The molecule has 2 aromatic rings. The molecule has 1 saturated carbocycles. The van der Waals surface area contributed by atoms with E-state index in [1.807, 2.05) is 23.3 Å². The molecule has 1 fully saturated rings. The van der Waals surface area contributed by atoms with Crippen LogP contribution < -0.4 is 14.8 Å². The number of hydrogen-bond acceptors (Lipinski definition) is 5. The van der Waals surface area contributed by atoms with Gasteiger partial charge in [-0.2, -0.15) is 0 Å². The Morgan fingerprint density at radius 3 is 2.62 bits per heavy atom. The van der Waals surface area contributed by atoms with Crippen molar-refractivity contribution in [2.45, 2.75) is 32.2 Å². The maximum Gasteiger partial charge on any atom is 0.324 e. The predicted molar refractivity (Wildman–Crippen MR) is 101 cm³/mol. The lowest BCUT2D eigenvalue weighted by Crippen LogP contribution is -2.43. The molecular formula is C19H23N3O3S. The zero-order valence-electron chi connectivity index (χ0n) is 15.2. The molecule has 4 rings (SSSR count). The first-order valence-corrected chi connectivity index (χ1v) is 9.73. The van der Waals surface area contributed by atoms with Crippen LogP contribution in [0.4, 0.5) is 9.93 Å². The molecule has 1 aliphatic carbocycles. The van der Waals surface area contributed by atoms with E-state index in [-0.39, 0.29) is 12.1 Å². The third kappa shape index (κ3) is 3.11. The summed E-state index contributed by atoms with van der Waals surface area (Å²) in [6, 6.07) is 4.11. The Morgan fingerprint density at radius 1 is 1.27 bits per heavy atom. The van der Waals surface area contributed by atoms with E-state index in [9.17, 15) is 4.79 Å². The molecule has 1 atom stereocenters. The second-order valence-corrected chi connectivity index (χ2v) is 7.71. The molecule has 2 heterocycles. The van der Waals surface area contributed by atoms with E-state index in [4.69, 9.17) is 9.47 Å². The van der Waals surface area contributed by atoms with E-state index in [0.29, 0.717) is 17.6 Å². The third-order valence-corrected chi connectivity index (χ3v) is 5.96. The van der Waals surface area contributed by atoms with Crippen molar-refractivity contribution < 1.29 is 14.3 Å². The molecule has 2 amide bonds. The van der Waals surface area contributed by atoms with E-state index < -0.39 is 0 Å². The van der Waals surface area contributed by atoms with Crippen molar-refractivity contribution >= 4 is 22.5 Å². The van der Waals surface area contributed by atoms with Crippen LogP contribution in [0, 0.1) is 12.8 Å². The summed E-state index contributed by atoms with van der Waals surface area (Å²) in [7, 11) is 3.30. The average molecular weight is 373 g/mol. The molecule has 1 aromatic heterocycles. The Bertz CT molecular complexity index is 831. The van der Waals surface area contributed by atoms with Crippen molar-refractivity contribution in [2.24, 2.45) is 5.92 Å². The second-order valence-electron chi connectivity index (χ2n) is 6.86. The van der Waals surface area contributed by atoms with Crippen LogP contribution in [-0.4, -0.2) is 36.7 Å². The van der Waals surface area contributed by atoms with Crippen LogP contribution >= 0.6 is 11.3 Å². The number of carbonyl (C=O) groups excluding carboxylic acids is 1. The molecule has 0 radical (unpaired) electrons. The monoisotopic (exact) mass is 373 g/mol. The van der Waals surface area contributed by atoms with Crippen LogP contribution in [0.15, 0.2) is 17.5 Å². The number of urea groups is 1. The summed E-state index contributed by atoms with van der Waals surface area (Å²) in [6.07, 6.45) is 3.11. The van der Waals surface area contributed by atoms with Gasteiger partial charge in [0.2, 0.25) is 0 Å². The van der Waals surface area contributed by atoms with Gasteiger partial charge in [-0.1, -0.05) is 0 Å². The van der Waals surface area contributed by atoms with Crippen molar-refractivity contribution in [3.05, 3.63) is 34.3 Å². The smallest absolute Gasteiger partial charge is 0.324 e. The molecule has 1 aliphatic heterocycles. The summed E-state index contributed by atoms with van der Waals surface area (Å²) in [4.78, 5) is 19.2. The van der Waals surface area contributed by atoms with Gasteiger partial charge < -0.3 is 14.4 Å². The van der Waals surface area contributed by atoms with Crippen LogP contribution in [0.25, 0.3) is 0 Å². The van der Waals surface area contributed by atoms with E-state index >= 15 is 0 Å².